The van der Waals surface area contributed by atoms with Crippen LogP contribution in [0.1, 0.15) is 0 Å². The highest BCUT2D eigenvalue weighted by molar-refractivity contribution is 5.97. The fourth-order valence-corrected chi connectivity index (χ4v) is 3.49. The summed E-state index contributed by atoms with van der Waals surface area (Å²) >= 11 is 0. The molecule has 3 nitrogen and oxygen atoms in total. The van der Waals surface area contributed by atoms with Gasteiger partial charge < -0.3 is 4.42 Å². The Kier molecular flexibility index (Phi) is 3.41. The first-order valence-corrected chi connectivity index (χ1v) is 8.70. The fraction of sp³-hybridized carbons (Fsp3) is 0. The lowest BCUT2D eigenvalue weighted by Gasteiger charge is -2.01. The maximum atomic E-state index is 13.2. The zero-order valence-electron chi connectivity index (χ0n) is 14.3. The molecule has 1 aliphatic heterocycles. The first-order valence-electron chi connectivity index (χ1n) is 8.70. The van der Waals surface area contributed by atoms with Gasteiger partial charge in [0.2, 0.25) is 5.43 Å². The van der Waals surface area contributed by atoms with Crippen molar-refractivity contribution in [2.24, 2.45) is 0 Å². The molecule has 0 amide bonds. The van der Waals surface area contributed by atoms with Crippen LogP contribution in [0.2, 0.25) is 0 Å². The van der Waals surface area contributed by atoms with Crippen LogP contribution < -0.4 is 10.9 Å². The van der Waals surface area contributed by atoms with E-state index < -0.39 is 0 Å². The van der Waals surface area contributed by atoms with Crippen molar-refractivity contribution in [2.45, 2.75) is 0 Å². The lowest BCUT2D eigenvalue weighted by molar-refractivity contribution is 0.534. The third-order valence-electron chi connectivity index (χ3n) is 4.85. The molecule has 0 radical (unpaired) electrons. The van der Waals surface area contributed by atoms with Crippen LogP contribution in [-0.2, 0) is 0 Å². The first kappa shape index (κ1) is 15.5. The molecule has 3 aromatic rings. The van der Waals surface area contributed by atoms with Crippen LogP contribution in [0, 0.1) is 10.6 Å². The van der Waals surface area contributed by atoms with Crippen molar-refractivity contribution < 1.29 is 4.42 Å². The summed E-state index contributed by atoms with van der Waals surface area (Å²) in [6.07, 6.45) is 0. The number of benzene rings is 3. The van der Waals surface area contributed by atoms with Gasteiger partial charge in [0.25, 0.3) is 0 Å². The van der Waals surface area contributed by atoms with Crippen LogP contribution in [0.4, 0.5) is 0 Å². The Balaban J connectivity index is 1.99. The van der Waals surface area contributed by atoms with Gasteiger partial charge in [-0.25, -0.2) is 0 Å². The molecule has 2 aliphatic rings. The van der Waals surface area contributed by atoms with Gasteiger partial charge in [-0.15, -0.1) is 0 Å². The molecule has 0 fully saturated rings. The van der Waals surface area contributed by atoms with E-state index in [2.05, 4.69) is 0 Å². The molecule has 1 aliphatic carbocycles. The molecule has 3 aromatic carbocycles. The van der Waals surface area contributed by atoms with E-state index in [0.29, 0.717) is 21.8 Å². The van der Waals surface area contributed by atoms with E-state index in [1.54, 1.807) is 30.3 Å². The van der Waals surface area contributed by atoms with Crippen molar-refractivity contribution >= 4 is 21.5 Å². The zero-order valence-corrected chi connectivity index (χ0v) is 14.3. The summed E-state index contributed by atoms with van der Waals surface area (Å²) in [5.74, 6) is 0.544. The Hall–Kier alpha value is -3.72. The standard InChI is InChI=1S/C24H14O3/c25-22-18-11-6-12-21(15-7-2-1-3-8-15)27-24(18)23(26)20-14-17-10-5-4-9-16(17)13-19(20)22/h1-14H. The Morgan fingerprint density at radius 3 is 1.93 bits per heavy atom. The van der Waals surface area contributed by atoms with E-state index in [0.717, 1.165) is 16.3 Å². The van der Waals surface area contributed by atoms with E-state index in [4.69, 9.17) is 4.42 Å². The summed E-state index contributed by atoms with van der Waals surface area (Å²) in [4.78, 5) is 26.2. The molecule has 0 atom stereocenters. The molecule has 0 bridgehead atoms. The Bertz CT molecular complexity index is 1500. The summed E-state index contributed by atoms with van der Waals surface area (Å²) in [7, 11) is 0. The molecule has 0 saturated carbocycles. The first-order chi connectivity index (χ1) is 13.2. The molecular formula is C24H14O3. The van der Waals surface area contributed by atoms with Crippen LogP contribution in [0.25, 0.3) is 32.9 Å². The summed E-state index contributed by atoms with van der Waals surface area (Å²) < 4.78 is 5.96. The minimum atomic E-state index is -0.265. The molecule has 128 valence electrons. The zero-order chi connectivity index (χ0) is 18.4. The van der Waals surface area contributed by atoms with Crippen LogP contribution in [-0.4, -0.2) is 0 Å². The van der Waals surface area contributed by atoms with Gasteiger partial charge in [0.15, 0.2) is 10.8 Å². The number of hydrogen-bond acceptors (Lipinski definition) is 3. The maximum absolute atomic E-state index is 13.2. The third kappa shape index (κ3) is 2.44. The normalized spacial score (nSPS) is 11.3. The molecule has 0 saturated heterocycles. The Morgan fingerprint density at radius 2 is 1.22 bits per heavy atom. The largest absolute Gasteiger partial charge is 0.452 e. The van der Waals surface area contributed by atoms with E-state index in [1.165, 1.54) is 0 Å². The van der Waals surface area contributed by atoms with Gasteiger partial charge in [0.1, 0.15) is 5.76 Å². The van der Waals surface area contributed by atoms with E-state index in [9.17, 15) is 9.59 Å². The lowest BCUT2D eigenvalue weighted by atomic mass is 10.0. The molecule has 0 aromatic heterocycles. The van der Waals surface area contributed by atoms with Crippen LogP contribution in [0.15, 0.2) is 98.9 Å². The summed E-state index contributed by atoms with van der Waals surface area (Å²) in [5.41, 5.74) is 0.482. The second kappa shape index (κ2) is 5.92. The predicted molar refractivity (Wildman–Crippen MR) is 107 cm³/mol. The van der Waals surface area contributed by atoms with Crippen molar-refractivity contribution in [3.8, 4) is 11.3 Å². The average Bonchev–Trinajstić information content (AvgIpc) is 2.95. The number of hydrogen-bond donors (Lipinski definition) is 0. The smallest absolute Gasteiger partial charge is 0.229 e. The number of fused-ring (bicyclic) bond motifs is 2. The maximum Gasteiger partial charge on any atom is 0.229 e. The van der Waals surface area contributed by atoms with Crippen molar-refractivity contribution in [3.05, 3.63) is 116 Å². The van der Waals surface area contributed by atoms with E-state index in [-0.39, 0.29) is 16.3 Å². The monoisotopic (exact) mass is 350 g/mol. The molecule has 0 N–H and O–H groups in total. The van der Waals surface area contributed by atoms with Gasteiger partial charge in [0, 0.05) is 16.3 Å². The second-order valence-electron chi connectivity index (χ2n) is 6.50. The van der Waals surface area contributed by atoms with Crippen molar-refractivity contribution in [2.75, 3.05) is 0 Å². The highest BCUT2D eigenvalue weighted by atomic mass is 16.3. The highest BCUT2D eigenvalue weighted by Crippen LogP contribution is 2.21. The van der Waals surface area contributed by atoms with Gasteiger partial charge in [-0.2, -0.15) is 0 Å². The van der Waals surface area contributed by atoms with Crippen molar-refractivity contribution in [1.82, 2.24) is 0 Å². The number of rotatable bonds is 1. The van der Waals surface area contributed by atoms with E-state index >= 15 is 0 Å². The van der Waals surface area contributed by atoms with Gasteiger partial charge in [-0.05, 0) is 35.0 Å². The third-order valence-corrected chi connectivity index (χ3v) is 4.85. The summed E-state index contributed by atoms with van der Waals surface area (Å²) in [6.45, 7) is 0. The Labute approximate surface area is 153 Å². The molecule has 0 unspecified atom stereocenters. The minimum Gasteiger partial charge on any atom is -0.452 e. The quantitative estimate of drug-likeness (QED) is 0.440. The molecule has 27 heavy (non-hydrogen) atoms. The van der Waals surface area contributed by atoms with Gasteiger partial charge in [-0.1, -0.05) is 60.7 Å². The van der Waals surface area contributed by atoms with Gasteiger partial charge >= 0.3 is 0 Å². The summed E-state index contributed by atoms with van der Waals surface area (Å²) in [6, 6.07) is 26.0. The molecule has 0 spiro atoms. The fourth-order valence-electron chi connectivity index (χ4n) is 3.49. The van der Waals surface area contributed by atoms with Gasteiger partial charge in [-0.3, -0.25) is 9.59 Å². The molecule has 5 rings (SSSR count). The van der Waals surface area contributed by atoms with Crippen LogP contribution in [0.5, 0.6) is 0 Å². The highest BCUT2D eigenvalue weighted by Gasteiger charge is 2.11. The van der Waals surface area contributed by atoms with Crippen molar-refractivity contribution in [1.29, 1.82) is 0 Å². The molecular weight excluding hydrogens is 336 g/mol. The van der Waals surface area contributed by atoms with Crippen LogP contribution in [0.3, 0.4) is 0 Å². The van der Waals surface area contributed by atoms with Crippen LogP contribution >= 0.6 is 0 Å². The summed E-state index contributed by atoms with van der Waals surface area (Å²) in [5, 5.41) is 2.96. The molecule has 3 heteroatoms. The topological polar surface area (TPSA) is 47.3 Å². The van der Waals surface area contributed by atoms with Gasteiger partial charge in [0.05, 0.1) is 5.22 Å². The average molecular weight is 350 g/mol. The second-order valence-corrected chi connectivity index (χ2v) is 6.50. The lowest BCUT2D eigenvalue weighted by Crippen LogP contribution is -2.14. The predicted octanol–water partition coefficient (Wildman–Crippen LogP) is 4.70. The van der Waals surface area contributed by atoms with E-state index in [1.807, 2.05) is 54.6 Å². The van der Waals surface area contributed by atoms with Crippen molar-refractivity contribution in [3.63, 3.8) is 0 Å². The minimum absolute atomic E-state index is 0.0895. The Morgan fingerprint density at radius 1 is 0.593 bits per heavy atom. The molecule has 1 heterocycles. The SMILES string of the molecule is O=c1c2cccc(-c3ccccc3)oc=2c(=O)c2cc3ccccc3cc12.